The second-order valence-corrected chi connectivity index (χ2v) is 3.98. The molecule has 1 aliphatic heterocycles. The molecule has 1 aromatic rings. The molecule has 0 aromatic heterocycles. The van der Waals surface area contributed by atoms with E-state index in [9.17, 15) is 4.39 Å². The summed E-state index contributed by atoms with van der Waals surface area (Å²) in [6.07, 6.45) is 1.56. The fourth-order valence-electron chi connectivity index (χ4n) is 2.14. The lowest BCUT2D eigenvalue weighted by Gasteiger charge is -2.34. The van der Waals surface area contributed by atoms with Crippen molar-refractivity contribution in [3.05, 3.63) is 29.8 Å². The second kappa shape index (κ2) is 4.62. The lowest BCUT2D eigenvalue weighted by Crippen LogP contribution is -2.34. The number of fused-ring (bicyclic) bond motifs is 1. The molecule has 1 aliphatic rings. The Labute approximate surface area is 89.9 Å². The second-order valence-electron chi connectivity index (χ2n) is 3.98. The summed E-state index contributed by atoms with van der Waals surface area (Å²) in [4.78, 5) is 2.23. The molecule has 0 fully saturated rings. The van der Waals surface area contributed by atoms with Gasteiger partial charge >= 0.3 is 0 Å². The van der Waals surface area contributed by atoms with Crippen LogP contribution in [-0.4, -0.2) is 19.8 Å². The number of para-hydroxylation sites is 1. The van der Waals surface area contributed by atoms with Crippen molar-refractivity contribution >= 4 is 5.69 Å². The molecular formula is C12H17FN2. The normalized spacial score (nSPS) is 20.1. The maximum atomic E-state index is 12.1. The third-order valence-electron chi connectivity index (χ3n) is 2.95. The number of nitrogens with two attached hydrogens (primary N) is 1. The first-order valence-corrected chi connectivity index (χ1v) is 5.48. The van der Waals surface area contributed by atoms with Gasteiger partial charge in [-0.05, 0) is 24.5 Å². The molecule has 0 saturated carbocycles. The van der Waals surface area contributed by atoms with Crippen LogP contribution >= 0.6 is 0 Å². The number of hydrogen-bond donors (Lipinski definition) is 1. The average molecular weight is 208 g/mol. The van der Waals surface area contributed by atoms with Gasteiger partial charge in [0.05, 0.1) is 6.67 Å². The van der Waals surface area contributed by atoms with E-state index in [1.54, 1.807) is 0 Å². The maximum absolute atomic E-state index is 12.1. The SMILES string of the molecule is NC1CCN(CCCF)c2ccccc21. The van der Waals surface area contributed by atoms with Gasteiger partial charge in [-0.3, -0.25) is 4.39 Å². The zero-order chi connectivity index (χ0) is 10.7. The van der Waals surface area contributed by atoms with Crippen LogP contribution in [0.4, 0.5) is 10.1 Å². The molecule has 82 valence electrons. The first-order valence-electron chi connectivity index (χ1n) is 5.48. The van der Waals surface area contributed by atoms with Gasteiger partial charge in [0.15, 0.2) is 0 Å². The summed E-state index contributed by atoms with van der Waals surface area (Å²) in [5.74, 6) is 0. The average Bonchev–Trinajstić information content (AvgIpc) is 2.29. The summed E-state index contributed by atoms with van der Waals surface area (Å²) in [5, 5.41) is 0. The summed E-state index contributed by atoms with van der Waals surface area (Å²) in [6.45, 7) is 1.49. The summed E-state index contributed by atoms with van der Waals surface area (Å²) in [7, 11) is 0. The van der Waals surface area contributed by atoms with Gasteiger partial charge in [0.25, 0.3) is 0 Å². The molecule has 15 heavy (non-hydrogen) atoms. The Morgan fingerprint density at radius 3 is 3.00 bits per heavy atom. The molecule has 0 saturated heterocycles. The highest BCUT2D eigenvalue weighted by atomic mass is 19.1. The van der Waals surface area contributed by atoms with Crippen LogP contribution in [0.15, 0.2) is 24.3 Å². The molecule has 0 radical (unpaired) electrons. The quantitative estimate of drug-likeness (QED) is 0.825. The molecule has 0 bridgehead atoms. The first kappa shape index (κ1) is 10.4. The summed E-state index contributed by atoms with van der Waals surface area (Å²) >= 11 is 0. The van der Waals surface area contributed by atoms with Gasteiger partial charge in [0.1, 0.15) is 0 Å². The highest BCUT2D eigenvalue weighted by Gasteiger charge is 2.21. The Balaban J connectivity index is 2.20. The molecule has 1 aromatic carbocycles. The monoisotopic (exact) mass is 208 g/mol. The third-order valence-corrected chi connectivity index (χ3v) is 2.95. The van der Waals surface area contributed by atoms with E-state index in [0.29, 0.717) is 6.42 Å². The van der Waals surface area contributed by atoms with Gasteiger partial charge < -0.3 is 10.6 Å². The predicted molar refractivity (Wildman–Crippen MR) is 60.8 cm³/mol. The van der Waals surface area contributed by atoms with Crippen molar-refractivity contribution in [2.24, 2.45) is 5.73 Å². The van der Waals surface area contributed by atoms with Crippen LogP contribution in [0.25, 0.3) is 0 Å². The predicted octanol–water partition coefficient (Wildman–Crippen LogP) is 2.26. The standard InChI is InChI=1S/C12H17FN2/c13-7-3-8-15-9-6-11(14)10-4-1-2-5-12(10)15/h1-2,4-5,11H,3,6-9,14H2. The first-order chi connectivity index (χ1) is 7.33. The zero-order valence-corrected chi connectivity index (χ0v) is 8.82. The number of halogens is 1. The molecule has 0 aliphatic carbocycles. The molecule has 2 rings (SSSR count). The van der Waals surface area contributed by atoms with Crippen LogP contribution in [0.3, 0.4) is 0 Å². The minimum Gasteiger partial charge on any atom is -0.371 e. The van der Waals surface area contributed by atoms with Crippen LogP contribution in [0.1, 0.15) is 24.4 Å². The van der Waals surface area contributed by atoms with E-state index >= 15 is 0 Å². The van der Waals surface area contributed by atoms with Crippen LogP contribution in [0.5, 0.6) is 0 Å². The van der Waals surface area contributed by atoms with Gasteiger partial charge in [-0.2, -0.15) is 0 Å². The lowest BCUT2D eigenvalue weighted by atomic mass is 9.97. The van der Waals surface area contributed by atoms with Crippen LogP contribution < -0.4 is 10.6 Å². The summed E-state index contributed by atoms with van der Waals surface area (Å²) < 4.78 is 12.1. The van der Waals surface area contributed by atoms with Crippen LogP contribution in [0, 0.1) is 0 Å². The van der Waals surface area contributed by atoms with Crippen molar-refractivity contribution in [3.63, 3.8) is 0 Å². The van der Waals surface area contributed by atoms with E-state index in [4.69, 9.17) is 5.73 Å². The van der Waals surface area contributed by atoms with E-state index in [2.05, 4.69) is 17.0 Å². The number of rotatable bonds is 3. The number of alkyl halides is 1. The molecule has 0 spiro atoms. The van der Waals surface area contributed by atoms with Gasteiger partial charge in [-0.1, -0.05) is 18.2 Å². The summed E-state index contributed by atoms with van der Waals surface area (Å²) in [6, 6.07) is 8.31. The molecule has 2 nitrogen and oxygen atoms in total. The molecular weight excluding hydrogens is 191 g/mol. The van der Waals surface area contributed by atoms with Crippen LogP contribution in [-0.2, 0) is 0 Å². The van der Waals surface area contributed by atoms with Gasteiger partial charge in [-0.15, -0.1) is 0 Å². The minimum atomic E-state index is -0.245. The Bertz CT molecular complexity index is 327. The molecule has 3 heteroatoms. The number of anilines is 1. The number of benzene rings is 1. The minimum absolute atomic E-state index is 0.142. The van der Waals surface area contributed by atoms with Gasteiger partial charge in [0, 0.05) is 24.8 Å². The van der Waals surface area contributed by atoms with Gasteiger partial charge in [-0.25, -0.2) is 0 Å². The lowest BCUT2D eigenvalue weighted by molar-refractivity contribution is 0.465. The Hall–Kier alpha value is -1.09. The molecule has 2 N–H and O–H groups in total. The number of nitrogens with zero attached hydrogens (tertiary/aromatic N) is 1. The smallest absolute Gasteiger partial charge is 0.0911 e. The van der Waals surface area contributed by atoms with Gasteiger partial charge in [0.2, 0.25) is 0 Å². The van der Waals surface area contributed by atoms with Crippen molar-refractivity contribution in [2.75, 3.05) is 24.7 Å². The highest BCUT2D eigenvalue weighted by Crippen LogP contribution is 2.31. The van der Waals surface area contributed by atoms with E-state index in [1.807, 2.05) is 12.1 Å². The number of hydrogen-bond acceptors (Lipinski definition) is 2. The largest absolute Gasteiger partial charge is 0.371 e. The van der Waals surface area contributed by atoms with Crippen molar-refractivity contribution < 1.29 is 4.39 Å². The highest BCUT2D eigenvalue weighted by molar-refractivity contribution is 5.56. The summed E-state index contributed by atoms with van der Waals surface area (Å²) in [5.41, 5.74) is 8.42. The van der Waals surface area contributed by atoms with E-state index in [0.717, 1.165) is 19.5 Å². The van der Waals surface area contributed by atoms with Crippen LogP contribution in [0.2, 0.25) is 0 Å². The van der Waals surface area contributed by atoms with Crippen molar-refractivity contribution in [1.29, 1.82) is 0 Å². The zero-order valence-electron chi connectivity index (χ0n) is 8.82. The fourth-order valence-corrected chi connectivity index (χ4v) is 2.14. The van der Waals surface area contributed by atoms with E-state index in [1.165, 1.54) is 11.3 Å². The Morgan fingerprint density at radius 1 is 1.40 bits per heavy atom. The van der Waals surface area contributed by atoms with E-state index in [-0.39, 0.29) is 12.7 Å². The fraction of sp³-hybridized carbons (Fsp3) is 0.500. The molecule has 1 atom stereocenters. The van der Waals surface area contributed by atoms with Crippen molar-refractivity contribution in [3.8, 4) is 0 Å². The van der Waals surface area contributed by atoms with E-state index < -0.39 is 0 Å². The van der Waals surface area contributed by atoms with Crippen molar-refractivity contribution in [1.82, 2.24) is 0 Å². The molecule has 1 heterocycles. The molecule has 0 amide bonds. The Kier molecular flexibility index (Phi) is 3.21. The maximum Gasteiger partial charge on any atom is 0.0911 e. The Morgan fingerprint density at radius 2 is 2.20 bits per heavy atom. The topological polar surface area (TPSA) is 29.3 Å². The third kappa shape index (κ3) is 2.12. The molecule has 1 unspecified atom stereocenters. The van der Waals surface area contributed by atoms with Crippen molar-refractivity contribution in [2.45, 2.75) is 18.9 Å².